The summed E-state index contributed by atoms with van der Waals surface area (Å²) in [6.07, 6.45) is 3.88. The number of nitrogens with one attached hydrogen (secondary N) is 2. The third-order valence-electron chi connectivity index (χ3n) is 7.77. The predicted octanol–water partition coefficient (Wildman–Crippen LogP) is 1.56. The molecule has 1 aromatic carbocycles. The molecule has 6 rings (SSSR count). The zero-order valence-corrected chi connectivity index (χ0v) is 19.4. The van der Waals surface area contributed by atoms with Crippen LogP contribution in [0.1, 0.15) is 18.4 Å². The number of para-hydroxylation sites is 1. The Labute approximate surface area is 192 Å². The van der Waals surface area contributed by atoms with Gasteiger partial charge in [-0.3, -0.25) is 9.80 Å². The lowest BCUT2D eigenvalue weighted by atomic mass is 9.75. The minimum atomic E-state index is 0.625. The predicted molar refractivity (Wildman–Crippen MR) is 130 cm³/mol. The highest BCUT2D eigenvalue weighted by molar-refractivity contribution is 7.80. The molecule has 4 saturated heterocycles. The normalized spacial score (nSPS) is 30.3. The van der Waals surface area contributed by atoms with Gasteiger partial charge in [-0.15, -0.1) is 0 Å². The summed E-state index contributed by atoms with van der Waals surface area (Å²) in [7, 11) is 0. The molecule has 4 unspecified atom stereocenters. The highest BCUT2D eigenvalue weighted by Gasteiger charge is 2.40. The molecule has 0 spiro atoms. The van der Waals surface area contributed by atoms with E-state index in [0.717, 1.165) is 62.9 Å². The van der Waals surface area contributed by atoms with Gasteiger partial charge in [0.15, 0.2) is 5.11 Å². The molecule has 2 bridgehead atoms. The summed E-state index contributed by atoms with van der Waals surface area (Å²) < 4.78 is 5.41. The van der Waals surface area contributed by atoms with Crippen LogP contribution in [0.15, 0.2) is 24.3 Å². The maximum Gasteiger partial charge on any atom is 0.166 e. The Morgan fingerprint density at radius 2 is 1.97 bits per heavy atom. The molecule has 2 N–H and O–H groups in total. The van der Waals surface area contributed by atoms with Crippen LogP contribution >= 0.6 is 12.2 Å². The van der Waals surface area contributed by atoms with Gasteiger partial charge >= 0.3 is 0 Å². The maximum atomic E-state index is 5.54. The van der Waals surface area contributed by atoms with Crippen LogP contribution in [0.2, 0.25) is 0 Å². The fourth-order valence-electron chi connectivity index (χ4n) is 5.97. The average Bonchev–Trinajstić information content (AvgIpc) is 3.22. The van der Waals surface area contributed by atoms with Crippen LogP contribution in [0, 0.1) is 11.8 Å². The van der Waals surface area contributed by atoms with Crippen LogP contribution in [-0.4, -0.2) is 93.1 Å². The van der Waals surface area contributed by atoms with Gasteiger partial charge in [-0.05, 0) is 61.5 Å². The van der Waals surface area contributed by atoms with Crippen LogP contribution in [0.25, 0.3) is 0 Å². The first-order valence-electron chi connectivity index (χ1n) is 12.1. The maximum absolute atomic E-state index is 5.54. The number of anilines is 1. The van der Waals surface area contributed by atoms with E-state index in [1.165, 1.54) is 56.7 Å². The van der Waals surface area contributed by atoms with Crippen molar-refractivity contribution < 1.29 is 4.74 Å². The summed E-state index contributed by atoms with van der Waals surface area (Å²) in [4.78, 5) is 7.79. The largest absolute Gasteiger partial charge is 0.379 e. The minimum absolute atomic E-state index is 0.625. The smallest absolute Gasteiger partial charge is 0.166 e. The lowest BCUT2D eigenvalue weighted by Gasteiger charge is -2.51. The Balaban J connectivity index is 1.04. The van der Waals surface area contributed by atoms with Gasteiger partial charge < -0.3 is 20.3 Å². The van der Waals surface area contributed by atoms with E-state index < -0.39 is 0 Å². The molecule has 4 fully saturated rings. The molecule has 5 heterocycles. The summed E-state index contributed by atoms with van der Waals surface area (Å²) >= 11 is 5.54. The van der Waals surface area contributed by atoms with Gasteiger partial charge in [0.05, 0.1) is 13.2 Å². The van der Waals surface area contributed by atoms with Gasteiger partial charge in [-0.1, -0.05) is 18.2 Å². The molecule has 0 saturated carbocycles. The van der Waals surface area contributed by atoms with E-state index in [-0.39, 0.29) is 0 Å². The topological polar surface area (TPSA) is 43.0 Å². The van der Waals surface area contributed by atoms with Gasteiger partial charge in [-0.25, -0.2) is 0 Å². The van der Waals surface area contributed by atoms with E-state index >= 15 is 0 Å². The second kappa shape index (κ2) is 10.0. The van der Waals surface area contributed by atoms with Crippen molar-refractivity contribution in [2.75, 3.05) is 77.0 Å². The molecule has 5 aliphatic heterocycles. The van der Waals surface area contributed by atoms with Gasteiger partial charge in [0.25, 0.3) is 0 Å². The first kappa shape index (κ1) is 21.4. The molecule has 4 atom stereocenters. The molecule has 170 valence electrons. The van der Waals surface area contributed by atoms with Crippen molar-refractivity contribution in [1.82, 2.24) is 20.4 Å². The molecule has 31 heavy (non-hydrogen) atoms. The van der Waals surface area contributed by atoms with Crippen LogP contribution in [0.5, 0.6) is 0 Å². The van der Waals surface area contributed by atoms with Gasteiger partial charge in [0, 0.05) is 64.1 Å². The monoisotopic (exact) mass is 443 g/mol. The Bertz CT molecular complexity index is 755. The van der Waals surface area contributed by atoms with Crippen LogP contribution < -0.4 is 15.5 Å². The molecule has 5 aliphatic rings. The Kier molecular flexibility index (Phi) is 6.93. The van der Waals surface area contributed by atoms with Crippen LogP contribution in [-0.2, 0) is 11.2 Å². The number of piperidine rings is 3. The van der Waals surface area contributed by atoms with E-state index in [1.54, 1.807) is 0 Å². The fourth-order valence-corrected chi connectivity index (χ4v) is 6.16. The summed E-state index contributed by atoms with van der Waals surface area (Å²) in [6, 6.07) is 9.60. The first-order valence-corrected chi connectivity index (χ1v) is 12.6. The number of rotatable bonds is 7. The van der Waals surface area contributed by atoms with Crippen molar-refractivity contribution in [2.24, 2.45) is 11.8 Å². The van der Waals surface area contributed by atoms with Crippen LogP contribution in [0.4, 0.5) is 5.69 Å². The summed E-state index contributed by atoms with van der Waals surface area (Å²) in [5.41, 5.74) is 3.01. The van der Waals surface area contributed by atoms with Gasteiger partial charge in [0.2, 0.25) is 0 Å². The summed E-state index contributed by atoms with van der Waals surface area (Å²) in [6.45, 7) is 11.6. The van der Waals surface area contributed by atoms with E-state index in [4.69, 9.17) is 17.0 Å². The van der Waals surface area contributed by atoms with Crippen molar-refractivity contribution in [1.29, 1.82) is 0 Å². The zero-order valence-electron chi connectivity index (χ0n) is 18.6. The second-order valence-electron chi connectivity index (χ2n) is 9.61. The molecule has 0 aliphatic carbocycles. The fraction of sp³-hybridized carbons (Fsp3) is 0.708. The molecular formula is C24H37N5OS. The number of hydrogen-bond donors (Lipinski definition) is 2. The van der Waals surface area contributed by atoms with Crippen molar-refractivity contribution in [3.63, 3.8) is 0 Å². The first-order chi connectivity index (χ1) is 15.3. The van der Waals surface area contributed by atoms with E-state index in [2.05, 4.69) is 49.6 Å². The van der Waals surface area contributed by atoms with Gasteiger partial charge in [-0.2, -0.15) is 0 Å². The Hall–Kier alpha value is -1.41. The number of morpholine rings is 1. The minimum Gasteiger partial charge on any atom is -0.379 e. The Morgan fingerprint density at radius 1 is 1.10 bits per heavy atom. The molecule has 0 radical (unpaired) electrons. The summed E-state index contributed by atoms with van der Waals surface area (Å²) in [5.74, 6) is 1.65. The van der Waals surface area contributed by atoms with Crippen molar-refractivity contribution in [3.8, 4) is 0 Å². The van der Waals surface area contributed by atoms with Crippen molar-refractivity contribution in [3.05, 3.63) is 29.8 Å². The third kappa shape index (κ3) is 5.16. The number of thiocarbonyl (C=S) groups is 1. The van der Waals surface area contributed by atoms with E-state index in [9.17, 15) is 0 Å². The second-order valence-corrected chi connectivity index (χ2v) is 10.0. The highest BCUT2D eigenvalue weighted by atomic mass is 32.1. The number of hydrogen-bond acceptors (Lipinski definition) is 5. The molecule has 7 heteroatoms. The number of fused-ring (bicyclic) bond motifs is 4. The molecule has 0 aromatic heterocycles. The highest BCUT2D eigenvalue weighted by Crippen LogP contribution is 2.38. The quantitative estimate of drug-likeness (QED) is 0.620. The van der Waals surface area contributed by atoms with Crippen LogP contribution in [0.3, 0.4) is 0 Å². The van der Waals surface area contributed by atoms with Crippen molar-refractivity contribution >= 4 is 23.0 Å². The van der Waals surface area contributed by atoms with E-state index in [1.807, 2.05) is 0 Å². The Morgan fingerprint density at radius 3 is 2.81 bits per heavy atom. The number of ether oxygens (including phenoxy) is 1. The third-order valence-corrected chi connectivity index (χ3v) is 8.06. The number of benzene rings is 1. The lowest BCUT2D eigenvalue weighted by molar-refractivity contribution is 0.00637. The lowest BCUT2D eigenvalue weighted by Crippen LogP contribution is -2.59. The molecular weight excluding hydrogens is 406 g/mol. The number of nitrogens with zero attached hydrogens (tertiary/aromatic N) is 3. The summed E-state index contributed by atoms with van der Waals surface area (Å²) in [5, 5.41) is 7.70. The standard InChI is InChI=1S/C24H37N5OS/c31-24(25-7-10-27-11-13-30-14-12-27)26-16-22-15-20-6-8-28(22)17-21(20)18-29-9-5-19-3-1-2-4-23(19)29/h1-4,20-22H,5-18H2,(H2,25,26,31). The average molecular weight is 444 g/mol. The van der Waals surface area contributed by atoms with E-state index in [0.29, 0.717) is 6.04 Å². The van der Waals surface area contributed by atoms with Crippen molar-refractivity contribution in [2.45, 2.75) is 25.3 Å². The molecule has 0 amide bonds. The SMILES string of the molecule is S=C(NCCN1CCOCC1)NCC1CC2CCN1CC2CN1CCc2ccccc21. The molecule has 6 nitrogen and oxygen atoms in total. The van der Waals surface area contributed by atoms with Gasteiger partial charge in [0.1, 0.15) is 0 Å². The molecule has 1 aromatic rings. The zero-order chi connectivity index (χ0) is 21.0.